The zero-order chi connectivity index (χ0) is 13.8. The number of rotatable bonds is 5. The zero-order valence-corrected chi connectivity index (χ0v) is 10.6. The Morgan fingerprint density at radius 2 is 1.89 bits per heavy atom. The lowest BCUT2D eigenvalue weighted by Gasteiger charge is -2.38. The van der Waals surface area contributed by atoms with Gasteiger partial charge in [0.05, 0.1) is 5.41 Å². The summed E-state index contributed by atoms with van der Waals surface area (Å²) in [4.78, 5) is 13.1. The zero-order valence-electron chi connectivity index (χ0n) is 10.6. The normalized spacial score (nSPS) is 20.9. The lowest BCUT2D eigenvalue weighted by molar-refractivity contribution is -0.152. The molecule has 0 unspecified atom stereocenters. The van der Waals surface area contributed by atoms with Crippen LogP contribution in [0, 0.1) is 5.41 Å². The predicted octanol–water partition coefficient (Wildman–Crippen LogP) is 2.91. The van der Waals surface area contributed by atoms with Crippen LogP contribution in [-0.4, -0.2) is 41.8 Å². The van der Waals surface area contributed by atoms with E-state index in [4.69, 9.17) is 0 Å². The third kappa shape index (κ3) is 4.15. The molecule has 6 heteroatoms. The van der Waals surface area contributed by atoms with Gasteiger partial charge in [0.1, 0.15) is 0 Å². The number of likely N-dealkylation sites (tertiary alicyclic amines) is 1. The standard InChI is InChI=1S/C12H20F3NO2/c1-2-11(10(17)18)5-8-16(9-6-11)7-3-4-12(13,14)15/h2-9H2,1H3,(H,17,18). The molecule has 0 aromatic rings. The smallest absolute Gasteiger partial charge is 0.389 e. The number of hydrogen-bond acceptors (Lipinski definition) is 2. The first-order valence-electron chi connectivity index (χ1n) is 6.31. The summed E-state index contributed by atoms with van der Waals surface area (Å²) < 4.78 is 36.0. The molecule has 106 valence electrons. The molecule has 1 rings (SSSR count). The van der Waals surface area contributed by atoms with Gasteiger partial charge in [-0.15, -0.1) is 0 Å². The lowest BCUT2D eigenvalue weighted by Crippen LogP contribution is -2.44. The summed E-state index contributed by atoms with van der Waals surface area (Å²) in [5, 5.41) is 9.19. The van der Waals surface area contributed by atoms with Crippen molar-refractivity contribution >= 4 is 5.97 Å². The topological polar surface area (TPSA) is 40.5 Å². The molecule has 0 saturated carbocycles. The summed E-state index contributed by atoms with van der Waals surface area (Å²) in [5.74, 6) is -0.778. The Morgan fingerprint density at radius 1 is 1.33 bits per heavy atom. The Hall–Kier alpha value is -0.780. The minimum absolute atomic E-state index is 0.0930. The molecule has 1 aliphatic heterocycles. The third-order valence-electron chi connectivity index (χ3n) is 3.88. The van der Waals surface area contributed by atoms with Gasteiger partial charge in [-0.2, -0.15) is 13.2 Å². The number of piperidine rings is 1. The number of nitrogens with zero attached hydrogens (tertiary/aromatic N) is 1. The van der Waals surface area contributed by atoms with Gasteiger partial charge in [0.15, 0.2) is 0 Å². The Bertz CT molecular complexity index is 284. The molecular weight excluding hydrogens is 247 g/mol. The molecule has 18 heavy (non-hydrogen) atoms. The van der Waals surface area contributed by atoms with Gasteiger partial charge < -0.3 is 10.0 Å². The first-order valence-corrected chi connectivity index (χ1v) is 6.31. The maximum Gasteiger partial charge on any atom is 0.389 e. The van der Waals surface area contributed by atoms with E-state index in [1.54, 1.807) is 0 Å². The second kappa shape index (κ2) is 5.91. The largest absolute Gasteiger partial charge is 0.481 e. The second-order valence-corrected chi connectivity index (χ2v) is 5.00. The summed E-state index contributed by atoms with van der Waals surface area (Å²) in [6.45, 7) is 3.42. The van der Waals surface area contributed by atoms with Gasteiger partial charge >= 0.3 is 12.1 Å². The Morgan fingerprint density at radius 3 is 2.28 bits per heavy atom. The average molecular weight is 267 g/mol. The molecule has 1 aliphatic rings. The number of alkyl halides is 3. The van der Waals surface area contributed by atoms with Crippen molar-refractivity contribution in [3.8, 4) is 0 Å². The fourth-order valence-corrected chi connectivity index (χ4v) is 2.43. The van der Waals surface area contributed by atoms with Crippen molar-refractivity contribution in [2.24, 2.45) is 5.41 Å². The summed E-state index contributed by atoms with van der Waals surface area (Å²) in [7, 11) is 0. The molecule has 0 atom stereocenters. The van der Waals surface area contributed by atoms with Crippen LogP contribution in [0.25, 0.3) is 0 Å². The van der Waals surface area contributed by atoms with Gasteiger partial charge in [-0.25, -0.2) is 0 Å². The van der Waals surface area contributed by atoms with Gasteiger partial charge in [-0.3, -0.25) is 4.79 Å². The van der Waals surface area contributed by atoms with Crippen molar-refractivity contribution in [3.05, 3.63) is 0 Å². The fourth-order valence-electron chi connectivity index (χ4n) is 2.43. The second-order valence-electron chi connectivity index (χ2n) is 5.00. The monoisotopic (exact) mass is 267 g/mol. The van der Waals surface area contributed by atoms with Crippen molar-refractivity contribution in [2.75, 3.05) is 19.6 Å². The van der Waals surface area contributed by atoms with E-state index in [9.17, 15) is 23.1 Å². The summed E-state index contributed by atoms with van der Waals surface area (Å²) >= 11 is 0. The predicted molar refractivity (Wildman–Crippen MR) is 61.3 cm³/mol. The fraction of sp³-hybridized carbons (Fsp3) is 0.917. The number of carbonyl (C=O) groups is 1. The molecule has 0 aliphatic carbocycles. The quantitative estimate of drug-likeness (QED) is 0.832. The van der Waals surface area contributed by atoms with Gasteiger partial charge in [-0.1, -0.05) is 6.92 Å². The third-order valence-corrected chi connectivity index (χ3v) is 3.88. The molecule has 1 saturated heterocycles. The summed E-state index contributed by atoms with van der Waals surface area (Å²) in [6, 6.07) is 0. The molecule has 0 amide bonds. The van der Waals surface area contributed by atoms with Crippen LogP contribution in [-0.2, 0) is 4.79 Å². The summed E-state index contributed by atoms with van der Waals surface area (Å²) in [6.07, 6.45) is -3.12. The Kier molecular flexibility index (Phi) is 5.01. The number of aliphatic carboxylic acids is 1. The van der Waals surface area contributed by atoms with E-state index < -0.39 is 24.0 Å². The molecule has 1 fully saturated rings. The van der Waals surface area contributed by atoms with Crippen LogP contribution in [0.4, 0.5) is 13.2 Å². The van der Waals surface area contributed by atoms with Gasteiger partial charge in [-0.05, 0) is 45.3 Å². The van der Waals surface area contributed by atoms with Gasteiger partial charge in [0.25, 0.3) is 0 Å². The highest BCUT2D eigenvalue weighted by atomic mass is 19.4. The minimum Gasteiger partial charge on any atom is -0.481 e. The van der Waals surface area contributed by atoms with Crippen molar-refractivity contribution in [1.82, 2.24) is 4.90 Å². The van der Waals surface area contributed by atoms with E-state index in [-0.39, 0.29) is 6.42 Å². The van der Waals surface area contributed by atoms with Crippen LogP contribution in [0.2, 0.25) is 0 Å². The van der Waals surface area contributed by atoms with Crippen molar-refractivity contribution < 1.29 is 23.1 Å². The van der Waals surface area contributed by atoms with E-state index in [1.807, 2.05) is 11.8 Å². The molecule has 3 nitrogen and oxygen atoms in total. The van der Waals surface area contributed by atoms with Gasteiger partial charge in [0, 0.05) is 6.42 Å². The van der Waals surface area contributed by atoms with E-state index in [1.165, 1.54) is 0 Å². The van der Waals surface area contributed by atoms with Crippen molar-refractivity contribution in [3.63, 3.8) is 0 Å². The maximum atomic E-state index is 12.0. The highest BCUT2D eigenvalue weighted by Gasteiger charge is 2.39. The molecule has 0 aromatic heterocycles. The van der Waals surface area contributed by atoms with Crippen LogP contribution in [0.5, 0.6) is 0 Å². The molecule has 0 bridgehead atoms. The van der Waals surface area contributed by atoms with Crippen LogP contribution in [0.15, 0.2) is 0 Å². The molecule has 0 spiro atoms. The number of carboxylic acid groups (broad SMARTS) is 1. The van der Waals surface area contributed by atoms with E-state index in [0.717, 1.165) is 0 Å². The van der Waals surface area contributed by atoms with Crippen LogP contribution >= 0.6 is 0 Å². The molecule has 1 N–H and O–H groups in total. The molecule has 0 radical (unpaired) electrons. The molecule has 1 heterocycles. The lowest BCUT2D eigenvalue weighted by atomic mass is 9.76. The van der Waals surface area contributed by atoms with E-state index in [2.05, 4.69) is 0 Å². The first kappa shape index (κ1) is 15.3. The minimum atomic E-state index is -4.09. The Balaban J connectivity index is 2.33. The van der Waals surface area contributed by atoms with E-state index in [0.29, 0.717) is 38.9 Å². The van der Waals surface area contributed by atoms with Gasteiger partial charge in [0.2, 0.25) is 0 Å². The average Bonchev–Trinajstić information content (AvgIpc) is 2.28. The molecule has 0 aromatic carbocycles. The number of halogens is 3. The van der Waals surface area contributed by atoms with E-state index >= 15 is 0 Å². The highest BCUT2D eigenvalue weighted by molar-refractivity contribution is 5.74. The number of hydrogen-bond donors (Lipinski definition) is 1. The highest BCUT2D eigenvalue weighted by Crippen LogP contribution is 2.35. The van der Waals surface area contributed by atoms with Crippen LogP contribution in [0.1, 0.15) is 39.0 Å². The van der Waals surface area contributed by atoms with Crippen molar-refractivity contribution in [1.29, 1.82) is 0 Å². The van der Waals surface area contributed by atoms with Crippen LogP contribution in [0.3, 0.4) is 0 Å². The maximum absolute atomic E-state index is 12.0. The SMILES string of the molecule is CCC1(C(=O)O)CCN(CCCC(F)(F)F)CC1. The van der Waals surface area contributed by atoms with Crippen molar-refractivity contribution in [2.45, 2.75) is 45.2 Å². The van der Waals surface area contributed by atoms with Crippen LogP contribution < -0.4 is 0 Å². The Labute approximate surface area is 105 Å². The number of carboxylic acids is 1. The first-order chi connectivity index (χ1) is 8.29. The molecular formula is C12H20F3NO2. The summed E-state index contributed by atoms with van der Waals surface area (Å²) in [5.41, 5.74) is -0.666.